The van der Waals surface area contributed by atoms with E-state index in [4.69, 9.17) is 9.05 Å². The number of quaternary nitrogens is 1. The number of rotatable bonds is 30. The van der Waals surface area contributed by atoms with Crippen LogP contribution in [0.2, 0.25) is 0 Å². The molecule has 0 spiro atoms. The normalized spacial score (nSPS) is 15.3. The minimum Gasteiger partial charge on any atom is -0.387 e. The molecule has 0 aliphatic carbocycles. The van der Waals surface area contributed by atoms with Crippen LogP contribution in [0.3, 0.4) is 0 Å². The van der Waals surface area contributed by atoms with Crippen LogP contribution in [0.25, 0.3) is 0 Å². The summed E-state index contributed by atoms with van der Waals surface area (Å²) in [4.78, 5) is 22.8. The molecule has 8 nitrogen and oxygen atoms in total. The molecule has 44 heavy (non-hydrogen) atoms. The zero-order valence-corrected chi connectivity index (χ0v) is 29.8. The second kappa shape index (κ2) is 28.0. The van der Waals surface area contributed by atoms with Crippen molar-refractivity contribution < 1.29 is 32.9 Å². The third-order valence-electron chi connectivity index (χ3n) is 7.39. The minimum atomic E-state index is -4.33. The van der Waals surface area contributed by atoms with Crippen LogP contribution < -0.4 is 5.32 Å². The molecule has 1 amide bonds. The van der Waals surface area contributed by atoms with Gasteiger partial charge in [0.2, 0.25) is 5.91 Å². The lowest BCUT2D eigenvalue weighted by molar-refractivity contribution is -0.870. The van der Waals surface area contributed by atoms with E-state index in [-0.39, 0.29) is 19.1 Å². The fourth-order valence-electron chi connectivity index (χ4n) is 4.50. The Morgan fingerprint density at radius 3 is 1.89 bits per heavy atom. The molecule has 0 saturated carbocycles. The highest BCUT2D eigenvalue weighted by molar-refractivity contribution is 7.47. The number of unbranched alkanes of at least 4 members (excludes halogenated alkanes) is 14. The Bertz CT molecular complexity index is 825. The quantitative estimate of drug-likeness (QED) is 0.0239. The van der Waals surface area contributed by atoms with Crippen LogP contribution in [0.4, 0.5) is 0 Å². The standard InChI is InChI=1S/C35H67N2O6P/c1-6-8-10-12-14-16-17-18-19-21-23-25-27-29-35(39)36-33(32-43-44(40,41)42-31-30-37(3,4)5)34(38)28-26-24-22-20-15-13-11-9-7-2/h16-17,22,24,26,28,33-34,38H,6-15,18-21,23,25,27,29-32H2,1-5H3,(H-,36,39,40,41)/p+1/b17-16+,24-22+,28-26+/t33-,34+/m0/s1. The zero-order valence-electron chi connectivity index (χ0n) is 28.9. The Hall–Kier alpha value is -1.28. The van der Waals surface area contributed by atoms with E-state index < -0.39 is 20.0 Å². The minimum absolute atomic E-state index is 0.0509. The summed E-state index contributed by atoms with van der Waals surface area (Å²) in [5.74, 6) is -0.210. The molecular weight excluding hydrogens is 575 g/mol. The van der Waals surface area contributed by atoms with E-state index >= 15 is 0 Å². The van der Waals surface area contributed by atoms with Gasteiger partial charge in [0.1, 0.15) is 13.2 Å². The van der Waals surface area contributed by atoms with E-state index in [1.165, 1.54) is 64.2 Å². The first-order valence-corrected chi connectivity index (χ1v) is 18.9. The second-order valence-electron chi connectivity index (χ2n) is 12.9. The molecule has 0 fully saturated rings. The van der Waals surface area contributed by atoms with E-state index in [0.29, 0.717) is 17.4 Å². The second-order valence-corrected chi connectivity index (χ2v) is 14.4. The number of phosphoric acid groups is 1. The molecule has 0 aromatic rings. The van der Waals surface area contributed by atoms with E-state index in [0.717, 1.165) is 44.9 Å². The van der Waals surface area contributed by atoms with E-state index in [9.17, 15) is 19.4 Å². The van der Waals surface area contributed by atoms with Gasteiger partial charge >= 0.3 is 7.82 Å². The summed E-state index contributed by atoms with van der Waals surface area (Å²) >= 11 is 0. The van der Waals surface area contributed by atoms with Gasteiger partial charge in [-0.1, -0.05) is 115 Å². The van der Waals surface area contributed by atoms with Crippen LogP contribution in [-0.4, -0.2) is 73.4 Å². The fourth-order valence-corrected chi connectivity index (χ4v) is 5.24. The Morgan fingerprint density at radius 1 is 0.773 bits per heavy atom. The fraction of sp³-hybridized carbons (Fsp3) is 0.800. The number of nitrogens with one attached hydrogen (secondary N) is 1. The molecule has 3 N–H and O–H groups in total. The molecule has 0 aliphatic heterocycles. The topological polar surface area (TPSA) is 105 Å². The molecule has 0 saturated heterocycles. The van der Waals surface area contributed by atoms with Crippen molar-refractivity contribution in [1.29, 1.82) is 0 Å². The van der Waals surface area contributed by atoms with Gasteiger partial charge in [-0.15, -0.1) is 0 Å². The van der Waals surface area contributed by atoms with Gasteiger partial charge in [0.25, 0.3) is 0 Å². The Morgan fingerprint density at radius 2 is 1.30 bits per heavy atom. The van der Waals surface area contributed by atoms with Gasteiger partial charge < -0.3 is 19.8 Å². The van der Waals surface area contributed by atoms with Gasteiger partial charge in [-0.3, -0.25) is 13.8 Å². The smallest absolute Gasteiger partial charge is 0.387 e. The maximum atomic E-state index is 12.7. The van der Waals surface area contributed by atoms with Gasteiger partial charge in [0, 0.05) is 6.42 Å². The maximum Gasteiger partial charge on any atom is 0.472 e. The van der Waals surface area contributed by atoms with Gasteiger partial charge in [0.15, 0.2) is 0 Å². The SMILES string of the molecule is CCCCCC/C=C/CCCCCCCC(=O)N[C@@H](COP(=O)(O)OCC[N+](C)(C)C)[C@H](O)/C=C/C=C/CCCCCCC. The monoisotopic (exact) mass is 643 g/mol. The summed E-state index contributed by atoms with van der Waals surface area (Å²) in [6, 6.07) is -0.877. The van der Waals surface area contributed by atoms with Crippen molar-refractivity contribution in [3.63, 3.8) is 0 Å². The molecule has 0 radical (unpaired) electrons. The number of aliphatic hydroxyl groups is 1. The summed E-state index contributed by atoms with van der Waals surface area (Å²) < 4.78 is 23.3. The molecule has 258 valence electrons. The lowest BCUT2D eigenvalue weighted by Crippen LogP contribution is -2.45. The largest absolute Gasteiger partial charge is 0.472 e. The molecule has 0 aromatic carbocycles. The van der Waals surface area contributed by atoms with E-state index in [2.05, 4.69) is 37.4 Å². The number of phosphoric ester groups is 1. The molecule has 3 atom stereocenters. The van der Waals surface area contributed by atoms with Gasteiger partial charge in [-0.05, 0) is 44.9 Å². The van der Waals surface area contributed by atoms with Crippen molar-refractivity contribution in [3.05, 3.63) is 36.5 Å². The van der Waals surface area contributed by atoms with Crippen molar-refractivity contribution >= 4 is 13.7 Å². The van der Waals surface area contributed by atoms with Crippen LogP contribution in [0, 0.1) is 0 Å². The summed E-state index contributed by atoms with van der Waals surface area (Å²) in [7, 11) is 1.53. The van der Waals surface area contributed by atoms with Crippen molar-refractivity contribution in [2.45, 2.75) is 142 Å². The number of amides is 1. The predicted molar refractivity (Wildman–Crippen MR) is 184 cm³/mol. The van der Waals surface area contributed by atoms with Crippen LogP contribution >= 0.6 is 7.82 Å². The molecule has 0 aromatic heterocycles. The number of hydrogen-bond acceptors (Lipinski definition) is 5. The average molecular weight is 644 g/mol. The number of carbonyl (C=O) groups is 1. The van der Waals surface area contributed by atoms with E-state index in [1.807, 2.05) is 27.2 Å². The van der Waals surface area contributed by atoms with Crippen molar-refractivity contribution in [2.75, 3.05) is 40.9 Å². The molecule has 0 rings (SSSR count). The van der Waals surface area contributed by atoms with Crippen LogP contribution in [0.15, 0.2) is 36.5 Å². The maximum absolute atomic E-state index is 12.7. The predicted octanol–water partition coefficient (Wildman–Crippen LogP) is 8.40. The van der Waals surface area contributed by atoms with Crippen molar-refractivity contribution in [1.82, 2.24) is 5.32 Å². The van der Waals surface area contributed by atoms with E-state index in [1.54, 1.807) is 12.2 Å². The molecule has 0 aliphatic rings. The number of carbonyl (C=O) groups excluding carboxylic acids is 1. The summed E-state index contributed by atoms with van der Waals surface area (Å²) in [5.41, 5.74) is 0. The number of likely N-dealkylation sites (N-methyl/N-ethyl adjacent to an activating group) is 1. The van der Waals surface area contributed by atoms with Gasteiger partial charge in [0.05, 0.1) is 39.9 Å². The third kappa shape index (κ3) is 29.4. The lowest BCUT2D eigenvalue weighted by Gasteiger charge is -2.25. The van der Waals surface area contributed by atoms with Crippen LogP contribution in [0.1, 0.15) is 129 Å². The van der Waals surface area contributed by atoms with Gasteiger partial charge in [-0.2, -0.15) is 0 Å². The zero-order chi connectivity index (χ0) is 32.9. The Labute approximate surface area is 270 Å². The summed E-state index contributed by atoms with van der Waals surface area (Å²) in [6.07, 6.45) is 30.8. The van der Waals surface area contributed by atoms with Crippen molar-refractivity contribution in [2.24, 2.45) is 0 Å². The number of aliphatic hydroxyl groups excluding tert-OH is 1. The Kier molecular flexibility index (Phi) is 27.2. The molecule has 0 bridgehead atoms. The highest BCUT2D eigenvalue weighted by Crippen LogP contribution is 2.43. The number of hydrogen-bond donors (Lipinski definition) is 3. The van der Waals surface area contributed by atoms with Crippen LogP contribution in [0.5, 0.6) is 0 Å². The first-order valence-electron chi connectivity index (χ1n) is 17.4. The molecule has 0 heterocycles. The summed E-state index contributed by atoms with van der Waals surface area (Å²) in [5, 5.41) is 13.6. The van der Waals surface area contributed by atoms with Gasteiger partial charge in [-0.25, -0.2) is 4.57 Å². The first kappa shape index (κ1) is 42.7. The lowest BCUT2D eigenvalue weighted by atomic mass is 10.1. The molecular formula is C35H68N2O6P+. The highest BCUT2D eigenvalue weighted by atomic mass is 31.2. The summed E-state index contributed by atoms with van der Waals surface area (Å²) in [6.45, 7) is 4.67. The molecule has 9 heteroatoms. The third-order valence-corrected chi connectivity index (χ3v) is 8.37. The first-order chi connectivity index (χ1) is 21.0. The highest BCUT2D eigenvalue weighted by Gasteiger charge is 2.27. The average Bonchev–Trinajstić information content (AvgIpc) is 2.95. The number of nitrogens with zero attached hydrogens (tertiary/aromatic N) is 1. The molecule has 1 unspecified atom stereocenters. The Balaban J connectivity index is 4.65. The van der Waals surface area contributed by atoms with Crippen LogP contribution in [-0.2, 0) is 18.4 Å². The van der Waals surface area contributed by atoms with Crippen molar-refractivity contribution in [3.8, 4) is 0 Å². The number of allylic oxidation sites excluding steroid dienone is 5.